The first-order valence-corrected chi connectivity index (χ1v) is 13.4. The molecule has 0 spiro atoms. The van der Waals surface area contributed by atoms with Gasteiger partial charge >= 0.3 is 0 Å². The van der Waals surface area contributed by atoms with Crippen LogP contribution in [0.1, 0.15) is 43.8 Å². The Kier molecular flexibility index (Phi) is 7.66. The van der Waals surface area contributed by atoms with Gasteiger partial charge in [0.15, 0.2) is 0 Å². The van der Waals surface area contributed by atoms with Gasteiger partial charge in [0.25, 0.3) is 17.7 Å². The monoisotopic (exact) mass is 543 g/mol. The number of carbonyl (C=O) groups excluding carboxylic acids is 3. The SMILES string of the molecule is COc1ccc(/C=C(/C#N)C(=O)N(CCCN2C(=O)c3cccc4cccc(c34)C2=O)c2ccc(C)cc2C)cc1. The van der Waals surface area contributed by atoms with Crippen LogP contribution >= 0.6 is 0 Å². The van der Waals surface area contributed by atoms with Crippen molar-refractivity contribution < 1.29 is 19.1 Å². The van der Waals surface area contributed by atoms with E-state index >= 15 is 0 Å². The lowest BCUT2D eigenvalue weighted by atomic mass is 9.94. The highest BCUT2D eigenvalue weighted by Crippen LogP contribution is 2.30. The molecule has 1 heterocycles. The summed E-state index contributed by atoms with van der Waals surface area (Å²) in [6, 6.07) is 25.8. The van der Waals surface area contributed by atoms with Crippen LogP contribution in [0.2, 0.25) is 0 Å². The number of methoxy groups -OCH3 is 1. The average Bonchev–Trinajstić information content (AvgIpc) is 2.98. The van der Waals surface area contributed by atoms with E-state index in [0.29, 0.717) is 39.9 Å². The summed E-state index contributed by atoms with van der Waals surface area (Å²) in [4.78, 5) is 43.3. The number of imide groups is 1. The van der Waals surface area contributed by atoms with Crippen LogP contribution in [-0.4, -0.2) is 42.8 Å². The molecular formula is C34H29N3O4. The minimum Gasteiger partial charge on any atom is -0.497 e. The van der Waals surface area contributed by atoms with E-state index in [4.69, 9.17) is 4.74 Å². The molecule has 3 amide bonds. The van der Waals surface area contributed by atoms with Crippen molar-refractivity contribution in [3.63, 3.8) is 0 Å². The maximum absolute atomic E-state index is 13.8. The van der Waals surface area contributed by atoms with Gasteiger partial charge in [-0.25, -0.2) is 0 Å². The highest BCUT2D eigenvalue weighted by atomic mass is 16.5. The maximum atomic E-state index is 13.8. The van der Waals surface area contributed by atoms with Crippen molar-refractivity contribution >= 4 is 40.3 Å². The molecule has 0 aromatic heterocycles. The minimum absolute atomic E-state index is 0.0270. The molecule has 7 nitrogen and oxygen atoms in total. The van der Waals surface area contributed by atoms with Crippen molar-refractivity contribution in [3.8, 4) is 11.8 Å². The van der Waals surface area contributed by atoms with Gasteiger partial charge in [0, 0.05) is 35.3 Å². The molecule has 1 aliphatic rings. The Morgan fingerprint density at radius 2 is 1.61 bits per heavy atom. The number of hydrogen-bond acceptors (Lipinski definition) is 5. The zero-order valence-electron chi connectivity index (χ0n) is 23.2. The molecule has 1 aliphatic heterocycles. The predicted molar refractivity (Wildman–Crippen MR) is 159 cm³/mol. The third kappa shape index (κ3) is 5.32. The molecule has 0 saturated heterocycles. The van der Waals surface area contributed by atoms with Gasteiger partial charge in [0.2, 0.25) is 0 Å². The molecule has 0 aliphatic carbocycles. The van der Waals surface area contributed by atoms with Gasteiger partial charge in [-0.2, -0.15) is 5.26 Å². The van der Waals surface area contributed by atoms with Crippen molar-refractivity contribution in [2.75, 3.05) is 25.1 Å². The van der Waals surface area contributed by atoms with Crippen LogP contribution in [0.15, 0.2) is 84.4 Å². The summed E-state index contributed by atoms with van der Waals surface area (Å²) in [7, 11) is 1.57. The van der Waals surface area contributed by atoms with E-state index in [1.54, 1.807) is 54.5 Å². The highest BCUT2D eigenvalue weighted by molar-refractivity contribution is 6.25. The smallest absolute Gasteiger partial charge is 0.268 e. The molecule has 0 bridgehead atoms. The quantitative estimate of drug-likeness (QED) is 0.152. The van der Waals surface area contributed by atoms with Gasteiger partial charge in [-0.15, -0.1) is 0 Å². The minimum atomic E-state index is -0.457. The summed E-state index contributed by atoms with van der Waals surface area (Å²) >= 11 is 0. The van der Waals surface area contributed by atoms with Crippen LogP contribution in [0, 0.1) is 25.2 Å². The third-order valence-electron chi connectivity index (χ3n) is 7.29. The Morgan fingerprint density at radius 1 is 0.951 bits per heavy atom. The Hall–Kier alpha value is -5.22. The fourth-order valence-electron chi connectivity index (χ4n) is 5.26. The molecule has 0 atom stereocenters. The van der Waals surface area contributed by atoms with Crippen molar-refractivity contribution in [2.24, 2.45) is 0 Å². The number of nitrogens with zero attached hydrogens (tertiary/aromatic N) is 3. The molecular weight excluding hydrogens is 514 g/mol. The van der Waals surface area contributed by atoms with Crippen LogP contribution in [0.25, 0.3) is 16.8 Å². The van der Waals surface area contributed by atoms with Crippen molar-refractivity contribution in [1.82, 2.24) is 4.90 Å². The standard InChI is InChI=1S/C34H29N3O4/c1-22-11-16-30(23(2)19-22)36(32(38)26(21-35)20-24-12-14-27(41-3)15-13-24)17-6-18-37-33(39)28-9-4-7-25-8-5-10-29(31(25)28)34(37)40/h4-5,7-16,19-20H,6,17-18H2,1-3H3/b26-20-. The predicted octanol–water partition coefficient (Wildman–Crippen LogP) is 6.09. The number of nitriles is 1. The number of aryl methyl sites for hydroxylation is 2. The third-order valence-corrected chi connectivity index (χ3v) is 7.29. The topological polar surface area (TPSA) is 90.7 Å². The number of rotatable bonds is 8. The number of benzene rings is 4. The van der Waals surface area contributed by atoms with Crippen LogP contribution in [0.5, 0.6) is 5.75 Å². The second kappa shape index (κ2) is 11.5. The lowest BCUT2D eigenvalue weighted by molar-refractivity contribution is -0.114. The fraction of sp³-hybridized carbons (Fsp3) is 0.176. The summed E-state index contributed by atoms with van der Waals surface area (Å²) in [5, 5.41) is 11.5. The number of anilines is 1. The number of carbonyl (C=O) groups is 3. The van der Waals surface area contributed by atoms with E-state index in [2.05, 4.69) is 6.07 Å². The van der Waals surface area contributed by atoms with Gasteiger partial charge < -0.3 is 9.64 Å². The largest absolute Gasteiger partial charge is 0.497 e. The van der Waals surface area contributed by atoms with Crippen LogP contribution in [0.3, 0.4) is 0 Å². The average molecular weight is 544 g/mol. The lowest BCUT2D eigenvalue weighted by Crippen LogP contribution is -2.42. The van der Waals surface area contributed by atoms with Gasteiger partial charge in [0.05, 0.1) is 7.11 Å². The summed E-state index contributed by atoms with van der Waals surface area (Å²) in [6.07, 6.45) is 1.88. The molecule has 4 aromatic rings. The molecule has 0 N–H and O–H groups in total. The van der Waals surface area contributed by atoms with Crippen molar-refractivity contribution in [1.29, 1.82) is 5.26 Å². The second-order valence-corrected chi connectivity index (χ2v) is 10.0. The van der Waals surface area contributed by atoms with E-state index in [0.717, 1.165) is 16.5 Å². The van der Waals surface area contributed by atoms with Crippen LogP contribution in [-0.2, 0) is 4.79 Å². The molecule has 41 heavy (non-hydrogen) atoms. The first-order valence-electron chi connectivity index (χ1n) is 13.4. The Bertz CT molecular complexity index is 1700. The first-order chi connectivity index (χ1) is 19.8. The Labute approximate surface area is 238 Å². The molecule has 5 rings (SSSR count). The zero-order valence-corrected chi connectivity index (χ0v) is 23.2. The lowest BCUT2D eigenvalue weighted by Gasteiger charge is -2.29. The molecule has 7 heteroatoms. The van der Waals surface area contributed by atoms with Crippen LogP contribution < -0.4 is 9.64 Å². The zero-order chi connectivity index (χ0) is 29.1. The fourth-order valence-corrected chi connectivity index (χ4v) is 5.26. The van der Waals surface area contributed by atoms with E-state index in [1.807, 2.05) is 56.3 Å². The van der Waals surface area contributed by atoms with E-state index in [-0.39, 0.29) is 30.5 Å². The molecule has 0 radical (unpaired) electrons. The number of amides is 3. The van der Waals surface area contributed by atoms with E-state index < -0.39 is 5.91 Å². The molecule has 0 fully saturated rings. The van der Waals surface area contributed by atoms with E-state index in [1.165, 1.54) is 4.90 Å². The van der Waals surface area contributed by atoms with Crippen molar-refractivity contribution in [2.45, 2.75) is 20.3 Å². The second-order valence-electron chi connectivity index (χ2n) is 10.0. The molecule has 0 saturated carbocycles. The summed E-state index contributed by atoms with van der Waals surface area (Å²) in [5.41, 5.74) is 4.25. The first kappa shape index (κ1) is 27.4. The summed E-state index contributed by atoms with van der Waals surface area (Å²) < 4.78 is 5.20. The summed E-state index contributed by atoms with van der Waals surface area (Å²) in [5.74, 6) is -0.479. The number of hydrogen-bond donors (Lipinski definition) is 0. The van der Waals surface area contributed by atoms with Gasteiger partial charge in [-0.1, -0.05) is 54.1 Å². The van der Waals surface area contributed by atoms with Gasteiger partial charge in [0.1, 0.15) is 17.4 Å². The normalized spacial score (nSPS) is 12.8. The Morgan fingerprint density at radius 3 is 2.20 bits per heavy atom. The maximum Gasteiger partial charge on any atom is 0.268 e. The molecule has 4 aromatic carbocycles. The van der Waals surface area contributed by atoms with Gasteiger partial charge in [-0.05, 0) is 73.2 Å². The highest BCUT2D eigenvalue weighted by Gasteiger charge is 2.32. The van der Waals surface area contributed by atoms with Crippen LogP contribution in [0.4, 0.5) is 5.69 Å². The van der Waals surface area contributed by atoms with Crippen molar-refractivity contribution in [3.05, 3.63) is 112 Å². The Balaban J connectivity index is 1.41. The molecule has 204 valence electrons. The van der Waals surface area contributed by atoms with Gasteiger partial charge in [-0.3, -0.25) is 19.3 Å². The summed E-state index contributed by atoms with van der Waals surface area (Å²) in [6.45, 7) is 4.21. The number of ether oxygens (including phenoxy) is 1. The van der Waals surface area contributed by atoms with E-state index in [9.17, 15) is 19.6 Å². The molecule has 0 unspecified atom stereocenters.